The monoisotopic (exact) mass is 674 g/mol. The molecule has 0 aromatic heterocycles. The lowest BCUT2D eigenvalue weighted by Crippen LogP contribution is -2.50. The van der Waals surface area contributed by atoms with Gasteiger partial charge in [-0.1, -0.05) is 102 Å². The van der Waals surface area contributed by atoms with Crippen molar-refractivity contribution in [3.63, 3.8) is 0 Å². The third kappa shape index (κ3) is 12.4. The summed E-state index contributed by atoms with van der Waals surface area (Å²) in [6.45, 7) is 14.7. The standard InChI is InChI=1S/C25H16BF3O3.C16H36N/c27-20-7-1-4-16(12-20)23-11-10-19(15-32-26(30)31)24(17-5-2-8-21(28)13-17)25(23)18-6-3-9-22(29)14-18;1-5-9-13-17(14-10-6-2,15-11-7-3)16-12-8-4/h1-14H,15H2;5-16H2,1-4H3/q-2;+1. The highest BCUT2D eigenvalue weighted by Crippen LogP contribution is 2.43. The van der Waals surface area contributed by atoms with E-state index >= 15 is 0 Å². The summed E-state index contributed by atoms with van der Waals surface area (Å²) in [5, 5.41) is 22.0. The molecule has 0 aliphatic rings. The highest BCUT2D eigenvalue weighted by atomic mass is 19.1. The fraction of sp³-hybridized carbons (Fsp3) is 0.415. The maximum atomic E-state index is 14.2. The van der Waals surface area contributed by atoms with Crippen LogP contribution in [-0.2, 0) is 11.3 Å². The maximum absolute atomic E-state index is 14.2. The number of quaternary nitrogens is 1. The second-order valence-corrected chi connectivity index (χ2v) is 12.8. The normalized spacial score (nSPS) is 11.3. The van der Waals surface area contributed by atoms with Crippen molar-refractivity contribution in [2.24, 2.45) is 0 Å². The number of benzene rings is 4. The van der Waals surface area contributed by atoms with Crippen LogP contribution in [0.1, 0.15) is 84.6 Å². The van der Waals surface area contributed by atoms with Gasteiger partial charge in [0.15, 0.2) is 0 Å². The first-order valence-electron chi connectivity index (χ1n) is 17.9. The first-order chi connectivity index (χ1) is 23.7. The molecule has 8 heteroatoms. The van der Waals surface area contributed by atoms with Crippen LogP contribution in [0.4, 0.5) is 13.2 Å². The third-order valence-electron chi connectivity index (χ3n) is 8.97. The Labute approximate surface area is 292 Å². The zero-order chi connectivity index (χ0) is 35.6. The molecular weight excluding hydrogens is 622 g/mol. The molecule has 0 heterocycles. The summed E-state index contributed by atoms with van der Waals surface area (Å²) < 4.78 is 48.5. The third-order valence-corrected chi connectivity index (χ3v) is 8.97. The number of rotatable bonds is 18. The quantitative estimate of drug-likeness (QED) is 0.0781. The Morgan fingerprint density at radius 1 is 0.551 bits per heavy atom. The molecule has 0 amide bonds. The van der Waals surface area contributed by atoms with Crippen molar-refractivity contribution >= 4 is 7.32 Å². The Bertz CT molecular complexity index is 1530. The Balaban J connectivity index is 0.000000326. The van der Waals surface area contributed by atoms with Crippen LogP contribution in [0.3, 0.4) is 0 Å². The van der Waals surface area contributed by atoms with Gasteiger partial charge < -0.3 is 19.2 Å². The zero-order valence-electron chi connectivity index (χ0n) is 29.7. The number of unbranched alkanes of at least 4 members (excludes halogenated alkanes) is 4. The highest BCUT2D eigenvalue weighted by molar-refractivity contribution is 6.28. The van der Waals surface area contributed by atoms with Crippen LogP contribution in [-0.4, -0.2) is 38.0 Å². The van der Waals surface area contributed by atoms with E-state index in [1.54, 1.807) is 36.4 Å². The smallest absolute Gasteiger partial charge is 0.123 e. The summed E-state index contributed by atoms with van der Waals surface area (Å²) in [5.41, 5.74) is 3.39. The van der Waals surface area contributed by atoms with Gasteiger partial charge in [-0.15, -0.1) is 0 Å². The summed E-state index contributed by atoms with van der Waals surface area (Å²) >= 11 is 0. The highest BCUT2D eigenvalue weighted by Gasteiger charge is 2.25. The van der Waals surface area contributed by atoms with Gasteiger partial charge in [0.25, 0.3) is 0 Å². The molecule has 0 unspecified atom stereocenters. The van der Waals surface area contributed by atoms with E-state index < -0.39 is 24.8 Å². The van der Waals surface area contributed by atoms with E-state index in [0.717, 1.165) is 0 Å². The minimum atomic E-state index is -2.50. The lowest BCUT2D eigenvalue weighted by atomic mass is 9.84. The first-order valence-corrected chi connectivity index (χ1v) is 17.9. The molecule has 4 rings (SSSR count). The van der Waals surface area contributed by atoms with Crippen LogP contribution in [0.2, 0.25) is 0 Å². The summed E-state index contributed by atoms with van der Waals surface area (Å²) in [6.07, 6.45) is 11.1. The average molecular weight is 675 g/mol. The molecule has 49 heavy (non-hydrogen) atoms. The minimum absolute atomic E-state index is 0.324. The first kappa shape index (κ1) is 40.0. The molecule has 0 spiro atoms. The largest absolute Gasteiger partial charge is 0.871 e. The van der Waals surface area contributed by atoms with Crippen LogP contribution < -0.4 is 10.0 Å². The van der Waals surface area contributed by atoms with E-state index in [4.69, 9.17) is 4.65 Å². The van der Waals surface area contributed by atoms with Gasteiger partial charge in [0.1, 0.15) is 17.5 Å². The Kier molecular flexibility index (Phi) is 17.1. The predicted molar refractivity (Wildman–Crippen MR) is 193 cm³/mol. The van der Waals surface area contributed by atoms with Crippen LogP contribution in [0.25, 0.3) is 33.4 Å². The lowest BCUT2D eigenvalue weighted by molar-refractivity contribution is -0.929. The molecule has 0 atom stereocenters. The molecule has 264 valence electrons. The second kappa shape index (κ2) is 20.9. The SMILES string of the molecule is CCCC[N+](CCCC)(CCCC)CCCC.[O-]B([O-])OCc1ccc(-c2cccc(F)c2)c(-c2cccc(F)c2)c1-c1cccc(F)c1. The van der Waals surface area contributed by atoms with Crippen LogP contribution in [0, 0.1) is 17.5 Å². The molecule has 0 saturated carbocycles. The molecule has 0 aliphatic carbocycles. The zero-order valence-corrected chi connectivity index (χ0v) is 29.7. The van der Waals surface area contributed by atoms with Gasteiger partial charge in [0.2, 0.25) is 0 Å². The predicted octanol–water partition coefficient (Wildman–Crippen LogP) is 9.33. The van der Waals surface area contributed by atoms with E-state index in [9.17, 15) is 23.2 Å². The van der Waals surface area contributed by atoms with Crippen molar-refractivity contribution in [3.05, 3.63) is 108 Å². The van der Waals surface area contributed by atoms with E-state index in [-0.39, 0.29) is 6.61 Å². The van der Waals surface area contributed by atoms with E-state index in [2.05, 4.69) is 27.7 Å². The fourth-order valence-corrected chi connectivity index (χ4v) is 6.38. The Hall–Kier alpha value is -3.43. The summed E-state index contributed by atoms with van der Waals surface area (Å²) in [6, 6.07) is 20.8. The molecule has 0 bridgehead atoms. The molecule has 4 aromatic carbocycles. The van der Waals surface area contributed by atoms with Crippen molar-refractivity contribution in [1.82, 2.24) is 0 Å². The van der Waals surface area contributed by atoms with Gasteiger partial charge >= 0.3 is 0 Å². The van der Waals surface area contributed by atoms with Gasteiger partial charge in [0, 0.05) is 0 Å². The molecule has 0 aliphatic heterocycles. The van der Waals surface area contributed by atoms with Crippen molar-refractivity contribution in [1.29, 1.82) is 0 Å². The molecule has 0 radical (unpaired) electrons. The van der Waals surface area contributed by atoms with Crippen molar-refractivity contribution < 1.29 is 32.4 Å². The van der Waals surface area contributed by atoms with E-state index in [0.29, 0.717) is 38.9 Å². The van der Waals surface area contributed by atoms with Gasteiger partial charge in [0.05, 0.1) is 40.1 Å². The summed E-state index contributed by atoms with van der Waals surface area (Å²) in [5.74, 6) is -1.44. The molecule has 4 nitrogen and oxygen atoms in total. The molecule has 0 fully saturated rings. The number of halogens is 3. The molecule has 0 saturated heterocycles. The number of hydrogen-bond acceptors (Lipinski definition) is 3. The van der Waals surface area contributed by atoms with Crippen molar-refractivity contribution in [2.75, 3.05) is 26.2 Å². The number of hydrogen-bond donors (Lipinski definition) is 0. The van der Waals surface area contributed by atoms with Crippen LogP contribution in [0.15, 0.2) is 84.9 Å². The Morgan fingerprint density at radius 2 is 0.959 bits per heavy atom. The second-order valence-electron chi connectivity index (χ2n) is 12.8. The molecular formula is C41H52BF3NO3-. The molecule has 0 N–H and O–H groups in total. The van der Waals surface area contributed by atoms with E-state index in [1.807, 2.05) is 0 Å². The fourth-order valence-electron chi connectivity index (χ4n) is 6.38. The maximum Gasteiger partial charge on any atom is 0.123 e. The summed E-state index contributed by atoms with van der Waals surface area (Å²) in [7, 11) is -2.50. The average Bonchev–Trinajstić information content (AvgIpc) is 3.10. The van der Waals surface area contributed by atoms with Gasteiger partial charge in [-0.2, -0.15) is 0 Å². The minimum Gasteiger partial charge on any atom is -0.871 e. The topological polar surface area (TPSA) is 55.3 Å². The lowest BCUT2D eigenvalue weighted by Gasteiger charge is -2.39. The Morgan fingerprint density at radius 3 is 1.37 bits per heavy atom. The van der Waals surface area contributed by atoms with Crippen molar-refractivity contribution in [3.8, 4) is 33.4 Å². The van der Waals surface area contributed by atoms with E-state index in [1.165, 1.54) is 131 Å². The van der Waals surface area contributed by atoms with Crippen LogP contribution >= 0.6 is 0 Å². The summed E-state index contributed by atoms with van der Waals surface area (Å²) in [4.78, 5) is 0. The van der Waals surface area contributed by atoms with Gasteiger partial charge in [-0.05, 0) is 101 Å². The number of nitrogens with zero attached hydrogens (tertiary/aromatic N) is 1. The van der Waals surface area contributed by atoms with Gasteiger partial charge in [-0.25, -0.2) is 13.2 Å². The van der Waals surface area contributed by atoms with Crippen molar-refractivity contribution in [2.45, 2.75) is 85.7 Å². The van der Waals surface area contributed by atoms with Gasteiger partial charge in [-0.3, -0.25) is 0 Å². The molecule has 4 aromatic rings. The van der Waals surface area contributed by atoms with Crippen LogP contribution in [0.5, 0.6) is 0 Å².